The molecule has 144 valence electrons. The number of rotatable bonds is 7. The number of carbonyl (C=O) groups excluding carboxylic acids is 1. The highest BCUT2D eigenvalue weighted by molar-refractivity contribution is 8.00. The minimum absolute atomic E-state index is 0.0478. The van der Waals surface area contributed by atoms with E-state index in [0.717, 1.165) is 22.8 Å². The summed E-state index contributed by atoms with van der Waals surface area (Å²) in [5.74, 6) is 0.0478. The lowest BCUT2D eigenvalue weighted by atomic mass is 9.97. The summed E-state index contributed by atoms with van der Waals surface area (Å²) in [4.78, 5) is 12.5. The molecule has 1 N–H and O–H groups in total. The Morgan fingerprint density at radius 3 is 2.93 bits per heavy atom. The van der Waals surface area contributed by atoms with E-state index in [4.69, 9.17) is 0 Å². The summed E-state index contributed by atoms with van der Waals surface area (Å²) in [6.07, 6.45) is 9.94. The molecule has 0 saturated heterocycles. The molecular weight excluding hydrogens is 356 g/mol. The van der Waals surface area contributed by atoms with Gasteiger partial charge in [-0.05, 0) is 64.5 Å². The van der Waals surface area contributed by atoms with Gasteiger partial charge in [0.2, 0.25) is 5.91 Å². The van der Waals surface area contributed by atoms with Crippen molar-refractivity contribution in [3.63, 3.8) is 0 Å². The van der Waals surface area contributed by atoms with Crippen molar-refractivity contribution < 1.29 is 4.79 Å². The van der Waals surface area contributed by atoms with E-state index in [1.165, 1.54) is 48.6 Å². The average Bonchev–Trinajstić information content (AvgIpc) is 3.10. The molecule has 1 amide bonds. The minimum Gasteiger partial charge on any atom is -0.355 e. The van der Waals surface area contributed by atoms with E-state index in [1.807, 2.05) is 11.5 Å². The van der Waals surface area contributed by atoms with Crippen LogP contribution in [0.2, 0.25) is 0 Å². The van der Waals surface area contributed by atoms with Gasteiger partial charge in [-0.15, -0.1) is 10.2 Å². The first-order valence-electron chi connectivity index (χ1n) is 9.64. The maximum Gasteiger partial charge on any atom is 0.233 e. The van der Waals surface area contributed by atoms with Gasteiger partial charge in [-0.1, -0.05) is 41.1 Å². The zero-order chi connectivity index (χ0) is 19.2. The third kappa shape index (κ3) is 5.22. The van der Waals surface area contributed by atoms with Crippen LogP contribution in [0.3, 0.4) is 0 Å². The number of aryl methyl sites for hydroxylation is 2. The molecule has 0 bridgehead atoms. The molecule has 0 spiro atoms. The summed E-state index contributed by atoms with van der Waals surface area (Å²) >= 11 is 1.44. The van der Waals surface area contributed by atoms with Gasteiger partial charge in [0.25, 0.3) is 0 Å². The van der Waals surface area contributed by atoms with Crippen molar-refractivity contribution in [3.05, 3.63) is 47.3 Å². The fourth-order valence-electron chi connectivity index (χ4n) is 3.38. The van der Waals surface area contributed by atoms with E-state index in [9.17, 15) is 4.79 Å². The standard InChI is InChI=1S/C21H28N4OS/c1-15-9-10-19(16(2)13-15)25-14-23-24-21(25)27-17(3)20(26)22-12-11-18-7-5-4-6-8-18/h7,9-10,13-14,17H,4-6,8,11-12H2,1-3H3,(H,22,26). The Morgan fingerprint density at radius 1 is 1.33 bits per heavy atom. The molecule has 3 rings (SSSR count). The zero-order valence-electron chi connectivity index (χ0n) is 16.4. The average molecular weight is 385 g/mol. The monoisotopic (exact) mass is 384 g/mol. The smallest absolute Gasteiger partial charge is 0.233 e. The molecule has 0 saturated carbocycles. The van der Waals surface area contributed by atoms with Crippen molar-refractivity contribution in [2.75, 3.05) is 6.54 Å². The fraction of sp³-hybridized carbons (Fsp3) is 0.476. The quantitative estimate of drug-likeness (QED) is 0.569. The summed E-state index contributed by atoms with van der Waals surface area (Å²) in [5.41, 5.74) is 4.91. The Hall–Kier alpha value is -2.08. The Balaban J connectivity index is 1.58. The Kier molecular flexibility index (Phi) is 6.72. The van der Waals surface area contributed by atoms with Gasteiger partial charge in [0.15, 0.2) is 5.16 Å². The number of allylic oxidation sites excluding steroid dienone is 1. The summed E-state index contributed by atoms with van der Waals surface area (Å²) in [5, 5.41) is 11.8. The predicted molar refractivity (Wildman–Crippen MR) is 110 cm³/mol. The molecule has 0 radical (unpaired) electrons. The van der Waals surface area contributed by atoms with Crippen LogP contribution in [0.5, 0.6) is 0 Å². The van der Waals surface area contributed by atoms with E-state index >= 15 is 0 Å². The first-order valence-corrected chi connectivity index (χ1v) is 10.5. The van der Waals surface area contributed by atoms with Crippen LogP contribution in [0.1, 0.15) is 50.2 Å². The van der Waals surface area contributed by atoms with Crippen molar-refractivity contribution in [3.8, 4) is 5.69 Å². The minimum atomic E-state index is -0.223. The lowest BCUT2D eigenvalue weighted by molar-refractivity contribution is -0.120. The molecule has 1 heterocycles. The predicted octanol–water partition coefficient (Wildman–Crippen LogP) is 4.37. The van der Waals surface area contributed by atoms with Crippen molar-refractivity contribution in [2.45, 2.75) is 63.3 Å². The number of thioether (sulfide) groups is 1. The number of nitrogens with zero attached hydrogens (tertiary/aromatic N) is 3. The topological polar surface area (TPSA) is 59.8 Å². The Morgan fingerprint density at radius 2 is 2.19 bits per heavy atom. The van der Waals surface area contributed by atoms with Crippen molar-refractivity contribution in [1.29, 1.82) is 0 Å². The Labute approximate surface area is 165 Å². The lowest BCUT2D eigenvalue weighted by Crippen LogP contribution is -2.32. The summed E-state index contributed by atoms with van der Waals surface area (Å²) in [6.45, 7) is 6.78. The molecular formula is C21H28N4OS. The van der Waals surface area contributed by atoms with Gasteiger partial charge in [0.05, 0.1) is 10.9 Å². The van der Waals surface area contributed by atoms with E-state index in [1.54, 1.807) is 6.33 Å². The molecule has 1 unspecified atom stereocenters. The van der Waals surface area contributed by atoms with Gasteiger partial charge in [-0.25, -0.2) is 0 Å². The first-order chi connectivity index (χ1) is 13.0. The second-order valence-electron chi connectivity index (χ2n) is 7.18. The molecule has 1 aliphatic rings. The number of hydrogen-bond acceptors (Lipinski definition) is 4. The van der Waals surface area contributed by atoms with E-state index in [-0.39, 0.29) is 11.2 Å². The number of amides is 1. The normalized spacial score (nSPS) is 15.3. The van der Waals surface area contributed by atoms with E-state index in [2.05, 4.69) is 53.6 Å². The number of benzene rings is 1. The van der Waals surface area contributed by atoms with Gasteiger partial charge in [-0.2, -0.15) is 0 Å². The third-order valence-electron chi connectivity index (χ3n) is 4.91. The van der Waals surface area contributed by atoms with E-state index in [0.29, 0.717) is 6.54 Å². The van der Waals surface area contributed by atoms with Crippen LogP contribution >= 0.6 is 11.8 Å². The number of hydrogen-bond donors (Lipinski definition) is 1. The molecule has 5 nitrogen and oxygen atoms in total. The molecule has 27 heavy (non-hydrogen) atoms. The van der Waals surface area contributed by atoms with Gasteiger partial charge in [0.1, 0.15) is 6.33 Å². The van der Waals surface area contributed by atoms with E-state index < -0.39 is 0 Å². The highest BCUT2D eigenvalue weighted by Crippen LogP contribution is 2.26. The van der Waals surface area contributed by atoms with Gasteiger partial charge in [0, 0.05) is 6.54 Å². The van der Waals surface area contributed by atoms with Crippen LogP contribution in [0.25, 0.3) is 5.69 Å². The van der Waals surface area contributed by atoms with Gasteiger partial charge in [-0.3, -0.25) is 9.36 Å². The maximum absolute atomic E-state index is 12.5. The molecule has 1 aromatic heterocycles. The fourth-order valence-corrected chi connectivity index (χ4v) is 4.24. The molecule has 1 atom stereocenters. The molecule has 1 aliphatic carbocycles. The van der Waals surface area contributed by atoms with Crippen LogP contribution < -0.4 is 5.32 Å². The number of carbonyl (C=O) groups is 1. The van der Waals surface area contributed by atoms with Crippen LogP contribution in [0, 0.1) is 13.8 Å². The lowest BCUT2D eigenvalue weighted by Gasteiger charge is -2.15. The second kappa shape index (κ2) is 9.22. The zero-order valence-corrected chi connectivity index (χ0v) is 17.2. The van der Waals surface area contributed by atoms with Crippen LogP contribution in [-0.4, -0.2) is 32.5 Å². The Bertz CT molecular complexity index is 827. The summed E-state index contributed by atoms with van der Waals surface area (Å²) < 4.78 is 1.95. The number of nitrogens with one attached hydrogen (secondary N) is 1. The largest absolute Gasteiger partial charge is 0.355 e. The number of aromatic nitrogens is 3. The van der Waals surface area contributed by atoms with Crippen LogP contribution in [0.4, 0.5) is 0 Å². The van der Waals surface area contributed by atoms with Crippen molar-refractivity contribution >= 4 is 17.7 Å². The van der Waals surface area contributed by atoms with Gasteiger partial charge < -0.3 is 5.32 Å². The molecule has 1 aromatic carbocycles. The van der Waals surface area contributed by atoms with Crippen LogP contribution in [0.15, 0.2) is 41.3 Å². The molecule has 6 heteroatoms. The second-order valence-corrected chi connectivity index (χ2v) is 8.49. The highest BCUT2D eigenvalue weighted by Gasteiger charge is 2.19. The van der Waals surface area contributed by atoms with Crippen LogP contribution in [-0.2, 0) is 4.79 Å². The SMILES string of the molecule is Cc1ccc(-n2cnnc2SC(C)C(=O)NCCC2=CCCCC2)c(C)c1. The summed E-state index contributed by atoms with van der Waals surface area (Å²) in [7, 11) is 0. The third-order valence-corrected chi connectivity index (χ3v) is 5.97. The van der Waals surface area contributed by atoms with Crippen molar-refractivity contribution in [2.24, 2.45) is 0 Å². The summed E-state index contributed by atoms with van der Waals surface area (Å²) in [6, 6.07) is 6.29. The first kappa shape index (κ1) is 19.7. The highest BCUT2D eigenvalue weighted by atomic mass is 32.2. The van der Waals surface area contributed by atoms with Crippen molar-refractivity contribution in [1.82, 2.24) is 20.1 Å². The maximum atomic E-state index is 12.5. The molecule has 0 fully saturated rings. The molecule has 2 aromatic rings. The van der Waals surface area contributed by atoms with Gasteiger partial charge >= 0.3 is 0 Å². The molecule has 0 aliphatic heterocycles.